The average molecular weight is 516 g/mol. The van der Waals surface area contributed by atoms with Crippen molar-refractivity contribution in [2.45, 2.75) is 51.0 Å². The summed E-state index contributed by atoms with van der Waals surface area (Å²) < 4.78 is 15.4. The number of hydroxylamine groups is 2. The van der Waals surface area contributed by atoms with Crippen molar-refractivity contribution in [3.63, 3.8) is 0 Å². The molecule has 35 heavy (non-hydrogen) atoms. The number of likely N-dealkylation sites (N-methyl/N-ethyl adjacent to an activating group) is 1. The lowest BCUT2D eigenvalue weighted by atomic mass is 9.92. The molecule has 196 valence electrons. The first-order chi connectivity index (χ1) is 16.8. The molecular formula is C22H35ClFN7O4. The summed E-state index contributed by atoms with van der Waals surface area (Å²) in [7, 11) is 1.89. The second-order valence-electron chi connectivity index (χ2n) is 9.38. The minimum atomic E-state index is -0.740. The predicted octanol–water partition coefficient (Wildman–Crippen LogP) is 1.65. The van der Waals surface area contributed by atoms with E-state index in [0.717, 1.165) is 38.5 Å². The van der Waals surface area contributed by atoms with Gasteiger partial charge < -0.3 is 14.9 Å². The van der Waals surface area contributed by atoms with Gasteiger partial charge in [-0.25, -0.2) is 5.06 Å². The SMILES string of the molecule is CN(CCO)C[C@@H]1CCCN1c1nc(Cl)nc(NNC(=O)[C@@H](CC2CCCC2)CN(O)C=O)c1F. The Bertz CT molecular complexity index is 861. The van der Waals surface area contributed by atoms with Crippen LogP contribution in [0.1, 0.15) is 44.9 Å². The van der Waals surface area contributed by atoms with Gasteiger partial charge in [-0.05, 0) is 43.8 Å². The Morgan fingerprint density at radius 3 is 2.74 bits per heavy atom. The highest BCUT2D eigenvalue weighted by Gasteiger charge is 2.31. The van der Waals surface area contributed by atoms with E-state index >= 15 is 4.39 Å². The van der Waals surface area contributed by atoms with E-state index < -0.39 is 17.6 Å². The molecule has 11 nitrogen and oxygen atoms in total. The Balaban J connectivity index is 1.70. The average Bonchev–Trinajstić information content (AvgIpc) is 3.51. The van der Waals surface area contributed by atoms with Gasteiger partial charge in [0.25, 0.3) is 0 Å². The van der Waals surface area contributed by atoms with Crippen LogP contribution in [-0.4, -0.2) is 88.4 Å². The van der Waals surface area contributed by atoms with Gasteiger partial charge in [-0.3, -0.25) is 25.6 Å². The third kappa shape index (κ3) is 7.60. The molecule has 0 aromatic carbocycles. The van der Waals surface area contributed by atoms with Crippen molar-refractivity contribution >= 4 is 35.6 Å². The quantitative estimate of drug-likeness (QED) is 0.134. The van der Waals surface area contributed by atoms with E-state index in [1.807, 2.05) is 16.8 Å². The van der Waals surface area contributed by atoms with Crippen LogP contribution in [0.2, 0.25) is 5.28 Å². The van der Waals surface area contributed by atoms with Crippen molar-refractivity contribution in [1.29, 1.82) is 0 Å². The van der Waals surface area contributed by atoms with Gasteiger partial charge in [0.05, 0.1) is 19.1 Å². The summed E-state index contributed by atoms with van der Waals surface area (Å²) in [5.74, 6) is -1.79. The van der Waals surface area contributed by atoms with Crippen molar-refractivity contribution in [3.8, 4) is 0 Å². The first-order valence-electron chi connectivity index (χ1n) is 12.1. The van der Waals surface area contributed by atoms with Crippen molar-refractivity contribution in [1.82, 2.24) is 25.4 Å². The fourth-order valence-corrected chi connectivity index (χ4v) is 5.18. The Morgan fingerprint density at radius 1 is 1.31 bits per heavy atom. The van der Waals surface area contributed by atoms with E-state index in [-0.39, 0.29) is 42.5 Å². The van der Waals surface area contributed by atoms with E-state index in [2.05, 4.69) is 20.8 Å². The van der Waals surface area contributed by atoms with Crippen LogP contribution in [0.4, 0.5) is 16.0 Å². The predicted molar refractivity (Wildman–Crippen MR) is 128 cm³/mol. The minimum absolute atomic E-state index is 0.0101. The molecule has 1 aliphatic carbocycles. The Morgan fingerprint density at radius 2 is 2.06 bits per heavy atom. The fraction of sp³-hybridized carbons (Fsp3) is 0.727. The molecule has 0 bridgehead atoms. The van der Waals surface area contributed by atoms with Crippen molar-refractivity contribution < 1.29 is 24.3 Å². The largest absolute Gasteiger partial charge is 0.395 e. The third-order valence-electron chi connectivity index (χ3n) is 6.76. The standard InChI is InChI=1S/C22H35ClFN7O4/c1-29(9-10-32)13-17-7-4-8-31(17)20-18(24)19(25-22(23)26-20)27-28-21(34)16(12-30(35)14-33)11-15-5-2-3-6-15/h14-17,32,35H,2-13H2,1H3,(H,28,34)(H,25,26,27)/t16-,17-/m0/s1. The van der Waals surface area contributed by atoms with E-state index in [9.17, 15) is 14.8 Å². The summed E-state index contributed by atoms with van der Waals surface area (Å²) in [4.78, 5) is 35.6. The smallest absolute Gasteiger partial charge is 0.243 e. The number of carbonyl (C=O) groups excluding carboxylic acids is 2. The van der Waals surface area contributed by atoms with Gasteiger partial charge in [-0.1, -0.05) is 25.7 Å². The molecule has 13 heteroatoms. The first-order valence-corrected chi connectivity index (χ1v) is 12.5. The molecular weight excluding hydrogens is 481 g/mol. The van der Waals surface area contributed by atoms with Gasteiger partial charge >= 0.3 is 0 Å². The summed E-state index contributed by atoms with van der Waals surface area (Å²) in [6.07, 6.45) is 6.63. The molecule has 0 unspecified atom stereocenters. The number of halogens is 2. The lowest BCUT2D eigenvalue weighted by Gasteiger charge is -2.30. The van der Waals surface area contributed by atoms with Crippen LogP contribution in [0.25, 0.3) is 0 Å². The van der Waals surface area contributed by atoms with Crippen LogP contribution in [0.3, 0.4) is 0 Å². The molecule has 2 aliphatic rings. The molecule has 1 aromatic heterocycles. The second-order valence-corrected chi connectivity index (χ2v) is 9.72. The zero-order valence-corrected chi connectivity index (χ0v) is 20.8. The molecule has 0 radical (unpaired) electrons. The Kier molecular flexibility index (Phi) is 10.3. The van der Waals surface area contributed by atoms with Gasteiger partial charge in [-0.15, -0.1) is 0 Å². The second kappa shape index (κ2) is 13.1. The van der Waals surface area contributed by atoms with Gasteiger partial charge in [0.1, 0.15) is 0 Å². The summed E-state index contributed by atoms with van der Waals surface area (Å²) in [6, 6.07) is -0.0101. The maximum absolute atomic E-state index is 15.4. The lowest BCUT2D eigenvalue weighted by Crippen LogP contribution is -2.42. The molecule has 1 saturated carbocycles. The summed E-state index contributed by atoms with van der Waals surface area (Å²) >= 11 is 6.09. The van der Waals surface area contributed by atoms with Crippen LogP contribution < -0.4 is 15.8 Å². The molecule has 0 spiro atoms. The Labute approximate surface area is 209 Å². The number of hydrazine groups is 1. The number of hydrogen-bond donors (Lipinski definition) is 4. The van der Waals surface area contributed by atoms with Crippen molar-refractivity contribution in [2.24, 2.45) is 11.8 Å². The number of anilines is 2. The first kappa shape index (κ1) is 27.3. The maximum atomic E-state index is 15.4. The topological polar surface area (TPSA) is 134 Å². The number of rotatable bonds is 13. The summed E-state index contributed by atoms with van der Waals surface area (Å²) in [6.45, 7) is 1.59. The van der Waals surface area contributed by atoms with Crippen LogP contribution in [0.5, 0.6) is 0 Å². The zero-order valence-electron chi connectivity index (χ0n) is 20.0. The minimum Gasteiger partial charge on any atom is -0.395 e. The number of carbonyl (C=O) groups is 2. The molecule has 1 aromatic rings. The number of aromatic nitrogens is 2. The van der Waals surface area contributed by atoms with Gasteiger partial charge in [0, 0.05) is 25.7 Å². The number of nitrogens with zero attached hydrogens (tertiary/aromatic N) is 5. The zero-order chi connectivity index (χ0) is 25.4. The van der Waals surface area contributed by atoms with Crippen LogP contribution in [0, 0.1) is 17.7 Å². The molecule has 2 fully saturated rings. The number of aliphatic hydroxyl groups is 1. The normalized spacial score (nSPS) is 19.3. The number of aliphatic hydroxyl groups excluding tert-OH is 1. The van der Waals surface area contributed by atoms with E-state index in [0.29, 0.717) is 37.0 Å². The van der Waals surface area contributed by atoms with Gasteiger partial charge in [-0.2, -0.15) is 14.4 Å². The molecule has 1 saturated heterocycles. The summed E-state index contributed by atoms with van der Waals surface area (Å²) in [5.41, 5.74) is 4.98. The number of nitrogens with one attached hydrogen (secondary N) is 2. The Hall–Kier alpha value is -2.28. The maximum Gasteiger partial charge on any atom is 0.243 e. The molecule has 4 N–H and O–H groups in total. The molecule has 2 amide bonds. The van der Waals surface area contributed by atoms with E-state index in [1.54, 1.807) is 0 Å². The molecule has 1 aliphatic heterocycles. The molecule has 2 atom stereocenters. The van der Waals surface area contributed by atoms with Crippen LogP contribution >= 0.6 is 11.6 Å². The molecule has 2 heterocycles. The van der Waals surface area contributed by atoms with Crippen molar-refractivity contribution in [2.75, 3.05) is 50.2 Å². The van der Waals surface area contributed by atoms with Crippen LogP contribution in [0.15, 0.2) is 0 Å². The van der Waals surface area contributed by atoms with Crippen LogP contribution in [-0.2, 0) is 9.59 Å². The monoisotopic (exact) mass is 515 g/mol. The highest BCUT2D eigenvalue weighted by atomic mass is 35.5. The molecule has 3 rings (SSSR count). The highest BCUT2D eigenvalue weighted by molar-refractivity contribution is 6.28. The summed E-state index contributed by atoms with van der Waals surface area (Å²) in [5, 5.41) is 19.1. The fourth-order valence-electron chi connectivity index (χ4n) is 5.01. The number of hydrogen-bond acceptors (Lipinski definition) is 9. The van der Waals surface area contributed by atoms with E-state index in [1.165, 1.54) is 0 Å². The lowest BCUT2D eigenvalue weighted by molar-refractivity contribution is -0.154. The number of amides is 2. The van der Waals surface area contributed by atoms with Crippen molar-refractivity contribution in [3.05, 3.63) is 11.1 Å². The van der Waals surface area contributed by atoms with Gasteiger partial charge in [0.15, 0.2) is 11.6 Å². The van der Waals surface area contributed by atoms with E-state index in [4.69, 9.17) is 16.7 Å². The van der Waals surface area contributed by atoms with Gasteiger partial charge in [0.2, 0.25) is 23.4 Å². The third-order valence-corrected chi connectivity index (χ3v) is 6.93. The highest BCUT2D eigenvalue weighted by Crippen LogP contribution is 2.32.